The molecular formula is C20H21N5O2. The van der Waals surface area contributed by atoms with E-state index < -0.39 is 0 Å². The Hall–Kier alpha value is -3.35. The minimum Gasteiger partial charge on any atom is -0.349 e. The van der Waals surface area contributed by atoms with Crippen LogP contribution >= 0.6 is 0 Å². The summed E-state index contributed by atoms with van der Waals surface area (Å²) in [6.45, 7) is 1.23. The first-order valence-electron chi connectivity index (χ1n) is 9.04. The van der Waals surface area contributed by atoms with Gasteiger partial charge in [0.1, 0.15) is 0 Å². The zero-order valence-electron chi connectivity index (χ0n) is 14.8. The summed E-state index contributed by atoms with van der Waals surface area (Å²) in [6, 6.07) is 14.8. The number of hydrogen-bond acceptors (Lipinski definition) is 3. The van der Waals surface area contributed by atoms with Crippen LogP contribution in [0.25, 0.3) is 11.0 Å². The van der Waals surface area contributed by atoms with E-state index in [0.717, 1.165) is 29.6 Å². The van der Waals surface area contributed by atoms with E-state index in [-0.39, 0.29) is 18.0 Å². The number of amides is 3. The largest absolute Gasteiger partial charge is 0.349 e. The third kappa shape index (κ3) is 3.92. The molecule has 0 radical (unpaired) electrons. The zero-order chi connectivity index (χ0) is 18.6. The van der Waals surface area contributed by atoms with E-state index in [4.69, 9.17) is 0 Å². The van der Waals surface area contributed by atoms with Crippen molar-refractivity contribution in [2.24, 2.45) is 0 Å². The number of nitrogens with one attached hydrogen (secondary N) is 3. The molecule has 0 spiro atoms. The maximum atomic E-state index is 12.5. The van der Waals surface area contributed by atoms with Gasteiger partial charge in [-0.15, -0.1) is 0 Å². The summed E-state index contributed by atoms with van der Waals surface area (Å²) < 4.78 is 0. The van der Waals surface area contributed by atoms with E-state index in [9.17, 15) is 9.59 Å². The highest BCUT2D eigenvalue weighted by atomic mass is 16.2. The van der Waals surface area contributed by atoms with E-state index in [2.05, 4.69) is 20.6 Å². The SMILES string of the molecule is O=C(NC1CCN(C(=O)Nc2ccccc2)CC1)c1ccc2nc[nH]c2c1. The number of benzene rings is 2. The van der Waals surface area contributed by atoms with Crippen molar-refractivity contribution in [3.8, 4) is 0 Å². The number of aromatic amines is 1. The van der Waals surface area contributed by atoms with E-state index in [0.29, 0.717) is 18.7 Å². The number of nitrogens with zero attached hydrogens (tertiary/aromatic N) is 2. The van der Waals surface area contributed by atoms with Gasteiger partial charge in [0.25, 0.3) is 5.91 Å². The molecule has 3 amide bonds. The standard InChI is InChI=1S/C20H21N5O2/c26-19(14-6-7-17-18(12-14)22-13-21-17)23-16-8-10-25(11-9-16)20(27)24-15-4-2-1-3-5-15/h1-7,12-13,16H,8-11H2,(H,21,22)(H,23,26)(H,24,27). The van der Waals surface area contributed by atoms with E-state index in [1.807, 2.05) is 36.4 Å². The third-order valence-corrected chi connectivity index (χ3v) is 4.82. The van der Waals surface area contributed by atoms with Crippen LogP contribution in [0.5, 0.6) is 0 Å². The third-order valence-electron chi connectivity index (χ3n) is 4.82. The summed E-state index contributed by atoms with van der Waals surface area (Å²) in [6.07, 6.45) is 3.09. The first kappa shape index (κ1) is 17.1. The Kier molecular flexibility index (Phi) is 4.74. The van der Waals surface area contributed by atoms with Gasteiger partial charge in [-0.2, -0.15) is 0 Å². The number of imidazole rings is 1. The van der Waals surface area contributed by atoms with Gasteiger partial charge in [0.2, 0.25) is 0 Å². The van der Waals surface area contributed by atoms with Crippen molar-refractivity contribution in [3.05, 3.63) is 60.4 Å². The smallest absolute Gasteiger partial charge is 0.321 e. The van der Waals surface area contributed by atoms with Crippen molar-refractivity contribution in [2.45, 2.75) is 18.9 Å². The molecule has 27 heavy (non-hydrogen) atoms. The number of H-pyrrole nitrogens is 1. The normalized spacial score (nSPS) is 14.9. The molecule has 1 aliphatic rings. The van der Waals surface area contributed by atoms with Gasteiger partial charge in [0.15, 0.2) is 0 Å². The molecule has 2 aromatic carbocycles. The lowest BCUT2D eigenvalue weighted by molar-refractivity contribution is 0.0919. The van der Waals surface area contributed by atoms with Crippen LogP contribution in [0, 0.1) is 0 Å². The maximum absolute atomic E-state index is 12.5. The Labute approximate surface area is 156 Å². The van der Waals surface area contributed by atoms with Crippen LogP contribution in [0.1, 0.15) is 23.2 Å². The Morgan fingerprint density at radius 2 is 1.85 bits per heavy atom. The van der Waals surface area contributed by atoms with Gasteiger partial charge in [-0.25, -0.2) is 9.78 Å². The number of carbonyl (C=O) groups excluding carboxylic acids is 2. The number of piperidine rings is 1. The van der Waals surface area contributed by atoms with Gasteiger partial charge < -0.3 is 20.5 Å². The fraction of sp³-hybridized carbons (Fsp3) is 0.250. The summed E-state index contributed by atoms with van der Waals surface area (Å²) in [5, 5.41) is 5.97. The predicted molar refractivity (Wildman–Crippen MR) is 104 cm³/mol. The second-order valence-corrected chi connectivity index (χ2v) is 6.67. The molecule has 1 aliphatic heterocycles. The summed E-state index contributed by atoms with van der Waals surface area (Å²) in [7, 11) is 0. The molecule has 0 saturated carbocycles. The zero-order valence-corrected chi connectivity index (χ0v) is 14.8. The quantitative estimate of drug-likeness (QED) is 0.668. The molecule has 0 bridgehead atoms. The molecule has 3 N–H and O–H groups in total. The molecule has 0 unspecified atom stereocenters. The molecule has 0 atom stereocenters. The highest BCUT2D eigenvalue weighted by Crippen LogP contribution is 2.15. The van der Waals surface area contributed by atoms with Crippen LogP contribution in [0.3, 0.4) is 0 Å². The average molecular weight is 363 g/mol. The summed E-state index contributed by atoms with van der Waals surface area (Å²) >= 11 is 0. The Morgan fingerprint density at radius 1 is 1.07 bits per heavy atom. The minimum absolute atomic E-state index is 0.0655. The molecular weight excluding hydrogens is 342 g/mol. The van der Waals surface area contributed by atoms with Crippen LogP contribution in [0.4, 0.5) is 10.5 Å². The fourth-order valence-corrected chi connectivity index (χ4v) is 3.30. The summed E-state index contributed by atoms with van der Waals surface area (Å²) in [5.41, 5.74) is 3.07. The number of hydrogen-bond donors (Lipinski definition) is 3. The van der Waals surface area contributed by atoms with Crippen molar-refractivity contribution >= 4 is 28.7 Å². The molecule has 7 nitrogen and oxygen atoms in total. The fourth-order valence-electron chi connectivity index (χ4n) is 3.30. The van der Waals surface area contributed by atoms with E-state index in [1.54, 1.807) is 23.4 Å². The lowest BCUT2D eigenvalue weighted by atomic mass is 10.0. The summed E-state index contributed by atoms with van der Waals surface area (Å²) in [5.74, 6) is -0.0984. The van der Waals surface area contributed by atoms with Gasteiger partial charge in [-0.3, -0.25) is 4.79 Å². The number of urea groups is 1. The molecule has 0 aliphatic carbocycles. The van der Waals surface area contributed by atoms with Crippen molar-refractivity contribution in [3.63, 3.8) is 0 Å². The highest BCUT2D eigenvalue weighted by molar-refractivity contribution is 5.97. The van der Waals surface area contributed by atoms with Crippen molar-refractivity contribution in [1.29, 1.82) is 0 Å². The second kappa shape index (κ2) is 7.49. The molecule has 4 rings (SSSR count). The van der Waals surface area contributed by atoms with Crippen LogP contribution in [0.2, 0.25) is 0 Å². The van der Waals surface area contributed by atoms with E-state index in [1.165, 1.54) is 0 Å². The Balaban J connectivity index is 1.30. The number of para-hydroxylation sites is 1. The molecule has 3 aromatic rings. The molecule has 138 valence electrons. The molecule has 1 fully saturated rings. The van der Waals surface area contributed by atoms with Gasteiger partial charge in [0.05, 0.1) is 17.4 Å². The number of likely N-dealkylation sites (tertiary alicyclic amines) is 1. The Bertz CT molecular complexity index is 945. The monoisotopic (exact) mass is 363 g/mol. The van der Waals surface area contributed by atoms with Crippen molar-refractivity contribution in [1.82, 2.24) is 20.2 Å². The number of rotatable bonds is 3. The van der Waals surface area contributed by atoms with Crippen LogP contribution in [-0.4, -0.2) is 45.9 Å². The second-order valence-electron chi connectivity index (χ2n) is 6.67. The number of anilines is 1. The topological polar surface area (TPSA) is 90.1 Å². The predicted octanol–water partition coefficient (Wildman–Crippen LogP) is 2.99. The van der Waals surface area contributed by atoms with Crippen LogP contribution < -0.4 is 10.6 Å². The average Bonchev–Trinajstić information content (AvgIpc) is 3.17. The minimum atomic E-state index is -0.101. The first-order chi connectivity index (χ1) is 13.2. The van der Waals surface area contributed by atoms with Crippen LogP contribution in [-0.2, 0) is 0 Å². The van der Waals surface area contributed by atoms with Gasteiger partial charge in [0, 0.05) is 30.4 Å². The lowest BCUT2D eigenvalue weighted by Gasteiger charge is -2.32. The highest BCUT2D eigenvalue weighted by Gasteiger charge is 2.24. The van der Waals surface area contributed by atoms with Gasteiger partial charge in [-0.05, 0) is 43.2 Å². The molecule has 1 saturated heterocycles. The summed E-state index contributed by atoms with van der Waals surface area (Å²) in [4.78, 5) is 33.8. The van der Waals surface area contributed by atoms with Crippen molar-refractivity contribution in [2.75, 3.05) is 18.4 Å². The molecule has 2 heterocycles. The van der Waals surface area contributed by atoms with Crippen molar-refractivity contribution < 1.29 is 9.59 Å². The lowest BCUT2D eigenvalue weighted by Crippen LogP contribution is -2.47. The molecule has 1 aromatic heterocycles. The van der Waals surface area contributed by atoms with Gasteiger partial charge >= 0.3 is 6.03 Å². The molecule has 7 heteroatoms. The van der Waals surface area contributed by atoms with Gasteiger partial charge in [-0.1, -0.05) is 18.2 Å². The number of fused-ring (bicyclic) bond motifs is 1. The van der Waals surface area contributed by atoms with Crippen LogP contribution in [0.15, 0.2) is 54.9 Å². The first-order valence-corrected chi connectivity index (χ1v) is 9.04. The number of carbonyl (C=O) groups is 2. The Morgan fingerprint density at radius 3 is 2.63 bits per heavy atom. The van der Waals surface area contributed by atoms with E-state index >= 15 is 0 Å². The number of aromatic nitrogens is 2. The maximum Gasteiger partial charge on any atom is 0.321 e.